The van der Waals surface area contributed by atoms with Crippen molar-refractivity contribution in [2.45, 2.75) is 20.4 Å². The van der Waals surface area contributed by atoms with E-state index in [1.807, 2.05) is 43.5 Å². The van der Waals surface area contributed by atoms with Crippen molar-refractivity contribution in [2.24, 2.45) is 0 Å². The second-order valence-electron chi connectivity index (χ2n) is 6.02. The summed E-state index contributed by atoms with van der Waals surface area (Å²) in [5.41, 5.74) is 2.87. The predicted octanol–water partition coefficient (Wildman–Crippen LogP) is 4.26. The molecule has 3 heterocycles. The normalized spacial score (nSPS) is 11.2. The van der Waals surface area contributed by atoms with Crippen LogP contribution < -0.4 is 10.3 Å². The van der Waals surface area contributed by atoms with Crippen molar-refractivity contribution in [3.63, 3.8) is 0 Å². The van der Waals surface area contributed by atoms with Crippen LogP contribution in [0, 0.1) is 13.8 Å². The van der Waals surface area contributed by atoms with E-state index >= 15 is 0 Å². The first-order chi connectivity index (χ1) is 12.6. The molecule has 0 fully saturated rings. The highest BCUT2D eigenvalue weighted by Crippen LogP contribution is 2.28. The highest BCUT2D eigenvalue weighted by atomic mass is 32.1. The first-order valence-electron chi connectivity index (χ1n) is 8.11. The van der Waals surface area contributed by atoms with Crippen LogP contribution in [0.2, 0.25) is 0 Å². The summed E-state index contributed by atoms with van der Waals surface area (Å²) < 4.78 is 6.90. The zero-order chi connectivity index (χ0) is 18.3. The van der Waals surface area contributed by atoms with Gasteiger partial charge < -0.3 is 4.74 Å². The summed E-state index contributed by atoms with van der Waals surface area (Å²) in [5.74, 6) is 0.799. The van der Waals surface area contributed by atoms with Gasteiger partial charge in [0.05, 0.1) is 31.1 Å². The Hall–Kier alpha value is -2.51. The summed E-state index contributed by atoms with van der Waals surface area (Å²) in [6, 6.07) is 7.81. The first kappa shape index (κ1) is 16.9. The number of hydrogen-bond acceptors (Lipinski definition) is 6. The quantitative estimate of drug-likeness (QED) is 0.528. The number of ether oxygens (including phenoxy) is 1. The van der Waals surface area contributed by atoms with Crippen molar-refractivity contribution in [1.82, 2.24) is 14.5 Å². The zero-order valence-electron chi connectivity index (χ0n) is 14.6. The SMILES string of the molecule is COc1cccc(-c2nc(Cn3cnc4sc(C)c(C)c4c3=O)cs2)c1. The maximum absolute atomic E-state index is 12.8. The molecule has 0 N–H and O–H groups in total. The van der Waals surface area contributed by atoms with Gasteiger partial charge in [0.1, 0.15) is 15.6 Å². The fourth-order valence-corrected chi connectivity index (χ4v) is 4.62. The summed E-state index contributed by atoms with van der Waals surface area (Å²) in [5, 5.41) is 3.61. The number of rotatable bonds is 4. The Morgan fingerprint density at radius 1 is 1.27 bits per heavy atom. The molecule has 4 rings (SSSR count). The van der Waals surface area contributed by atoms with Crippen molar-refractivity contribution >= 4 is 32.9 Å². The van der Waals surface area contributed by atoms with E-state index in [-0.39, 0.29) is 5.56 Å². The molecular weight excluding hydrogens is 366 g/mol. The van der Waals surface area contributed by atoms with Gasteiger partial charge in [-0.15, -0.1) is 22.7 Å². The fraction of sp³-hybridized carbons (Fsp3) is 0.211. The molecule has 4 aromatic rings. The van der Waals surface area contributed by atoms with Gasteiger partial charge in [-0.05, 0) is 31.5 Å². The van der Waals surface area contributed by atoms with Crippen LogP contribution in [-0.4, -0.2) is 21.6 Å². The van der Waals surface area contributed by atoms with E-state index in [1.165, 1.54) is 0 Å². The highest BCUT2D eigenvalue weighted by Gasteiger charge is 2.13. The number of thiophene rings is 1. The molecule has 3 aromatic heterocycles. The number of nitrogens with zero attached hydrogens (tertiary/aromatic N) is 3. The molecule has 132 valence electrons. The Labute approximate surface area is 158 Å². The molecule has 0 aliphatic heterocycles. The van der Waals surface area contributed by atoms with Crippen LogP contribution in [0.15, 0.2) is 40.8 Å². The molecule has 0 radical (unpaired) electrons. The lowest BCUT2D eigenvalue weighted by Gasteiger charge is -2.03. The van der Waals surface area contributed by atoms with Crippen molar-refractivity contribution < 1.29 is 4.74 Å². The highest BCUT2D eigenvalue weighted by molar-refractivity contribution is 7.18. The molecule has 0 aliphatic rings. The van der Waals surface area contributed by atoms with Gasteiger partial charge in [0, 0.05) is 15.8 Å². The predicted molar refractivity (Wildman–Crippen MR) is 107 cm³/mol. The van der Waals surface area contributed by atoms with Gasteiger partial charge in [0.2, 0.25) is 0 Å². The van der Waals surface area contributed by atoms with Gasteiger partial charge in [-0.1, -0.05) is 12.1 Å². The Bertz CT molecular complexity index is 1160. The molecule has 0 amide bonds. The summed E-state index contributed by atoms with van der Waals surface area (Å²) in [4.78, 5) is 23.9. The average Bonchev–Trinajstić information content (AvgIpc) is 3.23. The van der Waals surface area contributed by atoms with Crippen LogP contribution in [0.4, 0.5) is 0 Å². The summed E-state index contributed by atoms with van der Waals surface area (Å²) >= 11 is 3.12. The fourth-order valence-electron chi connectivity index (χ4n) is 2.83. The number of methoxy groups -OCH3 is 1. The van der Waals surface area contributed by atoms with Crippen LogP contribution in [0.25, 0.3) is 20.8 Å². The maximum Gasteiger partial charge on any atom is 0.262 e. The summed E-state index contributed by atoms with van der Waals surface area (Å²) in [7, 11) is 1.65. The van der Waals surface area contributed by atoms with Gasteiger partial charge in [-0.25, -0.2) is 9.97 Å². The molecule has 0 saturated carbocycles. The van der Waals surface area contributed by atoms with Crippen LogP contribution in [0.1, 0.15) is 16.1 Å². The largest absolute Gasteiger partial charge is 0.497 e. The van der Waals surface area contributed by atoms with Crippen molar-refractivity contribution in [3.8, 4) is 16.3 Å². The minimum atomic E-state index is -0.00668. The Morgan fingerprint density at radius 2 is 2.12 bits per heavy atom. The van der Waals surface area contributed by atoms with E-state index in [9.17, 15) is 4.79 Å². The lowest BCUT2D eigenvalue weighted by atomic mass is 10.2. The van der Waals surface area contributed by atoms with Gasteiger partial charge >= 0.3 is 0 Å². The Balaban J connectivity index is 1.67. The molecular formula is C19H17N3O2S2. The Morgan fingerprint density at radius 3 is 2.92 bits per heavy atom. The minimum absolute atomic E-state index is 0.00668. The van der Waals surface area contributed by atoms with Crippen LogP contribution in [0.3, 0.4) is 0 Å². The lowest BCUT2D eigenvalue weighted by molar-refractivity contribution is 0.415. The molecule has 0 bridgehead atoms. The van der Waals surface area contributed by atoms with Crippen molar-refractivity contribution in [1.29, 1.82) is 0 Å². The summed E-state index contributed by atoms with van der Waals surface area (Å²) in [6.07, 6.45) is 1.62. The number of benzene rings is 1. The van der Waals surface area contributed by atoms with Gasteiger partial charge in [0.15, 0.2) is 0 Å². The van der Waals surface area contributed by atoms with E-state index in [0.717, 1.165) is 42.7 Å². The van der Waals surface area contributed by atoms with E-state index in [0.29, 0.717) is 6.54 Å². The third kappa shape index (κ3) is 2.93. The van der Waals surface area contributed by atoms with Gasteiger partial charge in [-0.2, -0.15) is 0 Å². The number of thiazole rings is 1. The molecule has 0 spiro atoms. The topological polar surface area (TPSA) is 57.0 Å². The first-order valence-corrected chi connectivity index (χ1v) is 9.80. The second-order valence-corrected chi connectivity index (χ2v) is 8.08. The summed E-state index contributed by atoms with van der Waals surface area (Å²) in [6.45, 7) is 4.41. The number of hydrogen-bond donors (Lipinski definition) is 0. The molecule has 0 atom stereocenters. The number of aromatic nitrogens is 3. The van der Waals surface area contributed by atoms with Crippen molar-refractivity contribution in [2.75, 3.05) is 7.11 Å². The van der Waals surface area contributed by atoms with Gasteiger partial charge in [0.25, 0.3) is 5.56 Å². The molecule has 1 aromatic carbocycles. The smallest absolute Gasteiger partial charge is 0.262 e. The third-order valence-corrected chi connectivity index (χ3v) is 6.41. The Kier molecular flexibility index (Phi) is 4.34. The van der Waals surface area contributed by atoms with Crippen LogP contribution in [-0.2, 0) is 6.54 Å². The van der Waals surface area contributed by atoms with Crippen LogP contribution in [0.5, 0.6) is 5.75 Å². The number of fused-ring (bicyclic) bond motifs is 1. The van der Waals surface area contributed by atoms with E-state index < -0.39 is 0 Å². The number of aryl methyl sites for hydroxylation is 2. The molecule has 0 unspecified atom stereocenters. The van der Waals surface area contributed by atoms with E-state index in [2.05, 4.69) is 9.97 Å². The average molecular weight is 383 g/mol. The third-order valence-electron chi connectivity index (χ3n) is 4.36. The van der Waals surface area contributed by atoms with E-state index in [1.54, 1.807) is 40.7 Å². The molecule has 5 nitrogen and oxygen atoms in total. The monoisotopic (exact) mass is 383 g/mol. The van der Waals surface area contributed by atoms with Crippen LogP contribution >= 0.6 is 22.7 Å². The molecule has 26 heavy (non-hydrogen) atoms. The standard InChI is InChI=1S/C19H17N3O2S2/c1-11-12(2)26-18-16(11)19(23)22(10-20-18)8-14-9-25-17(21-14)13-5-4-6-15(7-13)24-3/h4-7,9-10H,8H2,1-3H3. The van der Waals surface area contributed by atoms with E-state index in [4.69, 9.17) is 4.74 Å². The molecule has 0 aliphatic carbocycles. The second kappa shape index (κ2) is 6.66. The van der Waals surface area contributed by atoms with Crippen molar-refractivity contribution in [3.05, 3.63) is 62.5 Å². The lowest BCUT2D eigenvalue weighted by Crippen LogP contribution is -2.21. The van der Waals surface area contributed by atoms with Gasteiger partial charge in [-0.3, -0.25) is 9.36 Å². The molecule has 7 heteroatoms. The molecule has 0 saturated heterocycles. The zero-order valence-corrected chi connectivity index (χ0v) is 16.3. The minimum Gasteiger partial charge on any atom is -0.497 e. The maximum atomic E-state index is 12.8.